The first-order chi connectivity index (χ1) is 12.7. The van der Waals surface area contributed by atoms with E-state index in [1.54, 1.807) is 31.2 Å². The Morgan fingerprint density at radius 1 is 1.26 bits per heavy atom. The average Bonchev–Trinajstić information content (AvgIpc) is 2.63. The highest BCUT2D eigenvalue weighted by atomic mass is 32.2. The van der Waals surface area contributed by atoms with Crippen LogP contribution in [-0.4, -0.2) is 50.7 Å². The number of benzene rings is 2. The highest BCUT2D eigenvalue weighted by Gasteiger charge is 2.26. The summed E-state index contributed by atoms with van der Waals surface area (Å²) >= 11 is 0. The topological polar surface area (TPSA) is 108 Å². The van der Waals surface area contributed by atoms with Crippen molar-refractivity contribution < 1.29 is 23.1 Å². The van der Waals surface area contributed by atoms with E-state index in [1.165, 1.54) is 38.6 Å². The molecule has 0 fully saturated rings. The molecular weight excluding hydrogens is 370 g/mol. The van der Waals surface area contributed by atoms with Crippen LogP contribution in [0.3, 0.4) is 0 Å². The van der Waals surface area contributed by atoms with Crippen molar-refractivity contribution in [2.75, 3.05) is 20.7 Å². The molecular formula is C18H21N3O5S. The molecule has 0 radical (unpaired) electrons. The lowest BCUT2D eigenvalue weighted by atomic mass is 10.2. The van der Waals surface area contributed by atoms with Gasteiger partial charge in [0.15, 0.2) is 0 Å². The number of phenolic OH excluding ortho intramolecular Hbond substituents is 1. The Morgan fingerprint density at radius 3 is 2.56 bits per heavy atom. The fourth-order valence-electron chi connectivity index (χ4n) is 2.22. The molecule has 0 bridgehead atoms. The van der Waals surface area contributed by atoms with Gasteiger partial charge in [0.05, 0.1) is 19.9 Å². The number of nitrogens with zero attached hydrogens (tertiary/aromatic N) is 2. The number of aryl methyl sites for hydroxylation is 1. The molecule has 2 rings (SSSR count). The van der Waals surface area contributed by atoms with Crippen molar-refractivity contribution >= 4 is 22.1 Å². The lowest BCUT2D eigenvalue weighted by molar-refractivity contribution is -0.121. The van der Waals surface area contributed by atoms with E-state index < -0.39 is 22.5 Å². The number of hydrazone groups is 1. The highest BCUT2D eigenvalue weighted by Crippen LogP contribution is 2.27. The van der Waals surface area contributed by atoms with E-state index in [1.807, 2.05) is 0 Å². The number of aromatic hydroxyl groups is 1. The van der Waals surface area contributed by atoms with Gasteiger partial charge in [0.2, 0.25) is 10.0 Å². The molecule has 27 heavy (non-hydrogen) atoms. The Bertz CT molecular complexity index is 940. The molecule has 8 nitrogen and oxygen atoms in total. The Morgan fingerprint density at radius 2 is 1.93 bits per heavy atom. The summed E-state index contributed by atoms with van der Waals surface area (Å²) in [5.41, 5.74) is 3.69. The smallest absolute Gasteiger partial charge is 0.255 e. The maximum atomic E-state index is 12.7. The number of methoxy groups -OCH3 is 1. The number of hydrogen-bond acceptors (Lipinski definition) is 6. The highest BCUT2D eigenvalue weighted by molar-refractivity contribution is 7.89. The van der Waals surface area contributed by atoms with E-state index in [0.29, 0.717) is 5.56 Å². The van der Waals surface area contributed by atoms with Gasteiger partial charge in [0.25, 0.3) is 5.91 Å². The van der Waals surface area contributed by atoms with Gasteiger partial charge in [-0.15, -0.1) is 0 Å². The summed E-state index contributed by atoms with van der Waals surface area (Å²) in [4.78, 5) is 12.0. The Kier molecular flexibility index (Phi) is 6.54. The molecule has 0 saturated heterocycles. The average molecular weight is 391 g/mol. The SMILES string of the molecule is COc1ccc(C)cc1S(=O)(=O)N(C)CC(=O)NN=Cc1ccc(O)cc1. The lowest BCUT2D eigenvalue weighted by Crippen LogP contribution is -2.36. The van der Waals surface area contributed by atoms with Crippen LogP contribution in [0.5, 0.6) is 11.5 Å². The number of rotatable bonds is 7. The van der Waals surface area contributed by atoms with Crippen molar-refractivity contribution in [3.63, 3.8) is 0 Å². The van der Waals surface area contributed by atoms with Gasteiger partial charge in [-0.25, -0.2) is 13.8 Å². The second-order valence-corrected chi connectivity index (χ2v) is 7.81. The molecule has 9 heteroatoms. The van der Waals surface area contributed by atoms with Crippen molar-refractivity contribution in [3.8, 4) is 11.5 Å². The zero-order valence-electron chi connectivity index (χ0n) is 15.2. The zero-order chi connectivity index (χ0) is 20.0. The van der Waals surface area contributed by atoms with E-state index in [2.05, 4.69) is 10.5 Å². The van der Waals surface area contributed by atoms with Gasteiger partial charge in [-0.3, -0.25) is 4.79 Å². The maximum Gasteiger partial charge on any atom is 0.255 e. The molecule has 0 unspecified atom stereocenters. The quantitative estimate of drug-likeness (QED) is 0.549. The van der Waals surface area contributed by atoms with Gasteiger partial charge < -0.3 is 9.84 Å². The lowest BCUT2D eigenvalue weighted by Gasteiger charge is -2.18. The Labute approximate surface area is 158 Å². The first kappa shape index (κ1) is 20.4. The summed E-state index contributed by atoms with van der Waals surface area (Å²) < 4.78 is 31.5. The van der Waals surface area contributed by atoms with E-state index in [-0.39, 0.29) is 16.4 Å². The van der Waals surface area contributed by atoms with Crippen LogP contribution in [0, 0.1) is 6.92 Å². The van der Waals surface area contributed by atoms with Crippen LogP contribution >= 0.6 is 0 Å². The maximum absolute atomic E-state index is 12.7. The summed E-state index contributed by atoms with van der Waals surface area (Å²) in [6.07, 6.45) is 1.38. The number of sulfonamides is 1. The molecule has 0 atom stereocenters. The van der Waals surface area contributed by atoms with Crippen LogP contribution < -0.4 is 10.2 Å². The fraction of sp³-hybridized carbons (Fsp3) is 0.222. The number of carbonyl (C=O) groups is 1. The van der Waals surface area contributed by atoms with Crippen molar-refractivity contribution in [1.82, 2.24) is 9.73 Å². The Hall–Kier alpha value is -2.91. The second kappa shape index (κ2) is 8.65. The molecule has 0 spiro atoms. The minimum absolute atomic E-state index is 0.00658. The van der Waals surface area contributed by atoms with E-state index in [9.17, 15) is 18.3 Å². The van der Waals surface area contributed by atoms with E-state index in [4.69, 9.17) is 4.74 Å². The molecule has 0 aromatic heterocycles. The van der Waals surface area contributed by atoms with Crippen LogP contribution in [-0.2, 0) is 14.8 Å². The third-order valence-corrected chi connectivity index (χ3v) is 5.49. The molecule has 2 aromatic rings. The molecule has 144 valence electrons. The summed E-state index contributed by atoms with van der Waals surface area (Å²) in [6.45, 7) is 1.36. The van der Waals surface area contributed by atoms with Gasteiger partial charge in [-0.2, -0.15) is 9.41 Å². The van der Waals surface area contributed by atoms with Crippen molar-refractivity contribution in [1.29, 1.82) is 0 Å². The van der Waals surface area contributed by atoms with E-state index in [0.717, 1.165) is 9.87 Å². The number of ether oxygens (including phenoxy) is 1. The van der Waals surface area contributed by atoms with Crippen LogP contribution in [0.4, 0.5) is 0 Å². The minimum Gasteiger partial charge on any atom is -0.508 e. The molecule has 0 saturated carbocycles. The fourth-order valence-corrected chi connectivity index (χ4v) is 3.58. The number of likely N-dealkylation sites (N-methyl/N-ethyl adjacent to an activating group) is 1. The molecule has 0 aliphatic carbocycles. The standard InChI is InChI=1S/C18H21N3O5S/c1-13-4-9-16(26-3)17(10-13)27(24,25)21(2)12-18(23)20-19-11-14-5-7-15(22)8-6-14/h4-11,22H,12H2,1-3H3,(H,20,23). The van der Waals surface area contributed by atoms with Gasteiger partial charge in [0.1, 0.15) is 16.4 Å². The first-order valence-electron chi connectivity index (χ1n) is 7.96. The van der Waals surface area contributed by atoms with Gasteiger partial charge in [-0.05, 0) is 54.4 Å². The molecule has 0 heterocycles. The molecule has 0 aliphatic rings. The number of nitrogens with one attached hydrogen (secondary N) is 1. The summed E-state index contributed by atoms with van der Waals surface area (Å²) in [5, 5.41) is 13.0. The molecule has 0 aliphatic heterocycles. The van der Waals surface area contributed by atoms with Crippen LogP contribution in [0.25, 0.3) is 0 Å². The van der Waals surface area contributed by atoms with E-state index >= 15 is 0 Å². The zero-order valence-corrected chi connectivity index (χ0v) is 16.0. The van der Waals surface area contributed by atoms with Gasteiger partial charge in [-0.1, -0.05) is 6.07 Å². The monoisotopic (exact) mass is 391 g/mol. The minimum atomic E-state index is -3.91. The van der Waals surface area contributed by atoms with Crippen LogP contribution in [0.1, 0.15) is 11.1 Å². The number of phenols is 1. The van der Waals surface area contributed by atoms with Gasteiger partial charge in [0, 0.05) is 7.05 Å². The van der Waals surface area contributed by atoms with Crippen molar-refractivity contribution in [2.45, 2.75) is 11.8 Å². The van der Waals surface area contributed by atoms with Crippen molar-refractivity contribution in [2.24, 2.45) is 5.10 Å². The molecule has 1 amide bonds. The molecule has 2 N–H and O–H groups in total. The summed E-state index contributed by atoms with van der Waals surface area (Å²) in [5.74, 6) is -0.268. The predicted octanol–water partition coefficient (Wildman–Crippen LogP) is 1.48. The first-order valence-corrected chi connectivity index (χ1v) is 9.40. The molecule has 2 aromatic carbocycles. The van der Waals surface area contributed by atoms with Crippen molar-refractivity contribution in [3.05, 3.63) is 53.6 Å². The number of carbonyl (C=O) groups excluding carboxylic acids is 1. The Balaban J connectivity index is 2.04. The van der Waals surface area contributed by atoms with Crippen LogP contribution in [0.2, 0.25) is 0 Å². The number of hydrogen-bond donors (Lipinski definition) is 2. The predicted molar refractivity (Wildman–Crippen MR) is 101 cm³/mol. The third kappa shape index (κ3) is 5.28. The third-order valence-electron chi connectivity index (χ3n) is 3.67. The van der Waals surface area contributed by atoms with Gasteiger partial charge >= 0.3 is 0 Å². The number of amides is 1. The second-order valence-electron chi connectivity index (χ2n) is 5.80. The van der Waals surface area contributed by atoms with Crippen LogP contribution in [0.15, 0.2) is 52.5 Å². The summed E-state index contributed by atoms with van der Waals surface area (Å²) in [7, 11) is -1.22. The normalized spacial score (nSPS) is 11.7. The largest absolute Gasteiger partial charge is 0.508 e. The summed E-state index contributed by atoms with van der Waals surface area (Å²) in [6, 6.07) is 11.0.